The molecule has 0 saturated carbocycles. The standard InChI is InChI=1S/C12H19ClN2O3S/c1-10-9-14(2)6-3-7-15(10)19(16,17)12-5-4-11(8-13)18-12/h4-5,10H,3,6-9H2,1-2H3. The van der Waals surface area contributed by atoms with E-state index in [4.69, 9.17) is 16.0 Å². The second kappa shape index (κ2) is 5.83. The third kappa shape index (κ3) is 3.13. The Morgan fingerprint density at radius 2 is 2.16 bits per heavy atom. The quantitative estimate of drug-likeness (QED) is 0.798. The lowest BCUT2D eigenvalue weighted by atomic mass is 10.3. The molecule has 1 fully saturated rings. The van der Waals surface area contributed by atoms with Gasteiger partial charge in [0.05, 0.1) is 5.88 Å². The molecule has 0 amide bonds. The van der Waals surface area contributed by atoms with Crippen molar-refractivity contribution in [2.75, 3.05) is 26.7 Å². The van der Waals surface area contributed by atoms with Gasteiger partial charge >= 0.3 is 0 Å². The summed E-state index contributed by atoms with van der Waals surface area (Å²) in [7, 11) is -1.56. The van der Waals surface area contributed by atoms with Crippen LogP contribution >= 0.6 is 11.6 Å². The van der Waals surface area contributed by atoms with Gasteiger partial charge in [-0.05, 0) is 39.1 Å². The summed E-state index contributed by atoms with van der Waals surface area (Å²) in [6, 6.07) is 3.02. The molecule has 0 radical (unpaired) electrons. The van der Waals surface area contributed by atoms with Crippen molar-refractivity contribution < 1.29 is 12.8 Å². The van der Waals surface area contributed by atoms with E-state index in [2.05, 4.69) is 4.90 Å². The SMILES string of the molecule is CC1CN(C)CCCN1S(=O)(=O)c1ccc(CCl)o1. The van der Waals surface area contributed by atoms with Gasteiger partial charge in [0.1, 0.15) is 5.76 Å². The second-order valence-corrected chi connectivity index (χ2v) is 7.02. The predicted molar refractivity (Wildman–Crippen MR) is 73.7 cm³/mol. The third-order valence-electron chi connectivity index (χ3n) is 3.32. The molecule has 1 saturated heterocycles. The Bertz CT molecular complexity index is 529. The molecular formula is C12H19ClN2O3S. The molecule has 5 nitrogen and oxygen atoms in total. The fourth-order valence-corrected chi connectivity index (χ4v) is 4.13. The molecule has 19 heavy (non-hydrogen) atoms. The number of nitrogens with zero attached hydrogens (tertiary/aromatic N) is 2. The fraction of sp³-hybridized carbons (Fsp3) is 0.667. The number of furan rings is 1. The maximum absolute atomic E-state index is 12.6. The van der Waals surface area contributed by atoms with Crippen LogP contribution in [0.2, 0.25) is 0 Å². The highest BCUT2D eigenvalue weighted by Crippen LogP contribution is 2.23. The lowest BCUT2D eigenvalue weighted by molar-refractivity contribution is 0.285. The molecule has 1 aromatic heterocycles. The fourth-order valence-electron chi connectivity index (χ4n) is 2.39. The van der Waals surface area contributed by atoms with Crippen molar-refractivity contribution in [2.24, 2.45) is 0 Å². The second-order valence-electron chi connectivity index (χ2n) is 4.93. The van der Waals surface area contributed by atoms with Crippen LogP contribution in [-0.2, 0) is 15.9 Å². The summed E-state index contributed by atoms with van der Waals surface area (Å²) >= 11 is 5.64. The van der Waals surface area contributed by atoms with Crippen LogP contribution in [0.5, 0.6) is 0 Å². The summed E-state index contributed by atoms with van der Waals surface area (Å²) in [5.41, 5.74) is 0. The van der Waals surface area contributed by atoms with Crippen molar-refractivity contribution in [3.63, 3.8) is 0 Å². The number of alkyl halides is 1. The van der Waals surface area contributed by atoms with E-state index in [0.717, 1.165) is 19.5 Å². The Balaban J connectivity index is 2.27. The molecule has 0 aromatic carbocycles. The summed E-state index contributed by atoms with van der Waals surface area (Å²) < 4.78 is 31.9. The summed E-state index contributed by atoms with van der Waals surface area (Å²) in [6.07, 6.45) is 0.823. The Kier molecular flexibility index (Phi) is 4.55. The molecule has 0 aliphatic carbocycles. The molecule has 2 heterocycles. The van der Waals surface area contributed by atoms with Gasteiger partial charge in [0.15, 0.2) is 0 Å². The molecule has 1 aliphatic heterocycles. The van der Waals surface area contributed by atoms with Crippen LogP contribution in [-0.4, -0.2) is 50.3 Å². The summed E-state index contributed by atoms with van der Waals surface area (Å²) in [5.74, 6) is 0.646. The third-order valence-corrected chi connectivity index (χ3v) is 5.47. The summed E-state index contributed by atoms with van der Waals surface area (Å²) in [5, 5.41) is -0.0143. The van der Waals surface area contributed by atoms with Gasteiger partial charge < -0.3 is 9.32 Å². The molecule has 0 N–H and O–H groups in total. The first kappa shape index (κ1) is 14.8. The predicted octanol–water partition coefficient (Wildman–Crippen LogP) is 1.73. The van der Waals surface area contributed by atoms with Crippen LogP contribution in [0.3, 0.4) is 0 Å². The number of hydrogen-bond acceptors (Lipinski definition) is 4. The normalized spacial score (nSPS) is 23.4. The zero-order chi connectivity index (χ0) is 14.0. The summed E-state index contributed by atoms with van der Waals surface area (Å²) in [4.78, 5) is 2.15. The first-order chi connectivity index (χ1) is 8.95. The van der Waals surface area contributed by atoms with Gasteiger partial charge in [0.2, 0.25) is 5.09 Å². The van der Waals surface area contributed by atoms with E-state index in [-0.39, 0.29) is 17.0 Å². The van der Waals surface area contributed by atoms with E-state index >= 15 is 0 Å². The number of halogens is 1. The minimum Gasteiger partial charge on any atom is -0.447 e. The van der Waals surface area contributed by atoms with Gasteiger partial charge in [-0.1, -0.05) is 0 Å². The molecular weight excluding hydrogens is 288 g/mol. The summed E-state index contributed by atoms with van der Waals surface area (Å²) in [6.45, 7) is 4.07. The van der Waals surface area contributed by atoms with Crippen LogP contribution in [0.25, 0.3) is 0 Å². The van der Waals surface area contributed by atoms with Crippen molar-refractivity contribution in [1.82, 2.24) is 9.21 Å². The number of likely N-dealkylation sites (N-methyl/N-ethyl adjacent to an activating group) is 1. The molecule has 0 spiro atoms. The number of sulfonamides is 1. The average molecular weight is 307 g/mol. The van der Waals surface area contributed by atoms with E-state index in [1.54, 1.807) is 6.07 Å². The van der Waals surface area contributed by atoms with Crippen molar-refractivity contribution in [1.29, 1.82) is 0 Å². The van der Waals surface area contributed by atoms with Gasteiger partial charge in [-0.3, -0.25) is 0 Å². The first-order valence-corrected chi connectivity index (χ1v) is 8.27. The molecule has 0 bridgehead atoms. The smallest absolute Gasteiger partial charge is 0.276 e. The Morgan fingerprint density at radius 1 is 1.42 bits per heavy atom. The van der Waals surface area contributed by atoms with Crippen LogP contribution in [0.15, 0.2) is 21.6 Å². The van der Waals surface area contributed by atoms with Gasteiger partial charge in [-0.2, -0.15) is 4.31 Å². The first-order valence-electron chi connectivity index (χ1n) is 6.30. The Morgan fingerprint density at radius 3 is 2.79 bits per heavy atom. The maximum Gasteiger partial charge on any atom is 0.276 e. The lowest BCUT2D eigenvalue weighted by Gasteiger charge is -2.26. The molecule has 1 unspecified atom stereocenters. The molecule has 1 aromatic rings. The van der Waals surface area contributed by atoms with Crippen LogP contribution in [0.1, 0.15) is 19.1 Å². The van der Waals surface area contributed by atoms with Crippen molar-refractivity contribution in [2.45, 2.75) is 30.4 Å². The zero-order valence-electron chi connectivity index (χ0n) is 11.2. The number of rotatable bonds is 3. The van der Waals surface area contributed by atoms with E-state index in [0.29, 0.717) is 12.3 Å². The van der Waals surface area contributed by atoms with E-state index in [1.165, 1.54) is 10.4 Å². The lowest BCUT2D eigenvalue weighted by Crippen LogP contribution is -2.41. The van der Waals surface area contributed by atoms with Crippen molar-refractivity contribution in [3.05, 3.63) is 17.9 Å². The molecule has 2 rings (SSSR count). The largest absolute Gasteiger partial charge is 0.447 e. The maximum atomic E-state index is 12.6. The Labute approximate surface area is 119 Å². The molecule has 108 valence electrons. The van der Waals surface area contributed by atoms with Gasteiger partial charge in [0, 0.05) is 19.1 Å². The molecule has 7 heteroatoms. The van der Waals surface area contributed by atoms with Crippen molar-refractivity contribution >= 4 is 21.6 Å². The number of hydrogen-bond donors (Lipinski definition) is 0. The van der Waals surface area contributed by atoms with Gasteiger partial charge in [0.25, 0.3) is 10.0 Å². The van der Waals surface area contributed by atoms with Gasteiger partial charge in [-0.25, -0.2) is 8.42 Å². The minimum atomic E-state index is -3.57. The zero-order valence-corrected chi connectivity index (χ0v) is 12.7. The average Bonchev–Trinajstić information content (AvgIpc) is 2.76. The van der Waals surface area contributed by atoms with E-state index in [1.807, 2.05) is 14.0 Å². The topological polar surface area (TPSA) is 53.8 Å². The van der Waals surface area contributed by atoms with Crippen LogP contribution in [0, 0.1) is 0 Å². The highest BCUT2D eigenvalue weighted by Gasteiger charge is 2.33. The molecule has 1 aliphatic rings. The Hall–Kier alpha value is -0.560. The highest BCUT2D eigenvalue weighted by atomic mass is 35.5. The van der Waals surface area contributed by atoms with E-state index < -0.39 is 10.0 Å². The van der Waals surface area contributed by atoms with Gasteiger partial charge in [-0.15, -0.1) is 11.6 Å². The minimum absolute atomic E-state index is 0.0143. The van der Waals surface area contributed by atoms with Crippen molar-refractivity contribution in [3.8, 4) is 0 Å². The molecule has 1 atom stereocenters. The monoisotopic (exact) mass is 306 g/mol. The van der Waals surface area contributed by atoms with E-state index in [9.17, 15) is 8.42 Å². The highest BCUT2D eigenvalue weighted by molar-refractivity contribution is 7.89. The van der Waals surface area contributed by atoms with Crippen LogP contribution < -0.4 is 0 Å². The van der Waals surface area contributed by atoms with Crippen LogP contribution in [0.4, 0.5) is 0 Å².